The van der Waals surface area contributed by atoms with Gasteiger partial charge in [0, 0.05) is 18.5 Å². The van der Waals surface area contributed by atoms with Gasteiger partial charge in [0.1, 0.15) is 5.75 Å². The molecule has 0 saturated carbocycles. The normalized spacial score (nSPS) is 12.8. The summed E-state index contributed by atoms with van der Waals surface area (Å²) in [5.74, 6) is 0.232. The molecule has 4 nitrogen and oxygen atoms in total. The van der Waals surface area contributed by atoms with Crippen LogP contribution in [0.4, 0.5) is 0 Å². The van der Waals surface area contributed by atoms with Crippen LogP contribution < -0.4 is 9.92 Å². The summed E-state index contributed by atoms with van der Waals surface area (Å²) >= 11 is 0. The molecule has 1 aliphatic rings. The number of hydrogen-bond acceptors (Lipinski definition) is 4. The molecule has 0 aromatic heterocycles. The van der Waals surface area contributed by atoms with Crippen molar-refractivity contribution in [1.29, 1.82) is 0 Å². The van der Waals surface area contributed by atoms with Gasteiger partial charge in [-0.15, -0.1) is 0 Å². The predicted octanol–water partition coefficient (Wildman–Crippen LogP) is 1.93. The zero-order valence-electron chi connectivity index (χ0n) is 10.9. The molecule has 20 heavy (non-hydrogen) atoms. The molecule has 0 atom stereocenters. The number of nitrogens with two attached hydrogens (primary N) is 1. The van der Waals surface area contributed by atoms with Gasteiger partial charge in [0.2, 0.25) is 0 Å². The van der Waals surface area contributed by atoms with Gasteiger partial charge in [0.15, 0.2) is 0 Å². The third-order valence-electron chi connectivity index (χ3n) is 3.39. The Morgan fingerprint density at radius 3 is 2.60 bits per heavy atom. The summed E-state index contributed by atoms with van der Waals surface area (Å²) in [6.07, 6.45) is 0.694. The minimum atomic E-state index is -3.62. The van der Waals surface area contributed by atoms with Crippen LogP contribution in [0.1, 0.15) is 11.1 Å². The van der Waals surface area contributed by atoms with Gasteiger partial charge >= 0.3 is 10.1 Å². The maximum Gasteiger partial charge on any atom is 0.310 e. The van der Waals surface area contributed by atoms with Crippen LogP contribution in [0.5, 0.6) is 5.75 Å². The topological polar surface area (TPSA) is 69.4 Å². The minimum Gasteiger partial charge on any atom is -0.382 e. The molecule has 1 aliphatic carbocycles. The van der Waals surface area contributed by atoms with Crippen LogP contribution in [0.15, 0.2) is 42.5 Å². The van der Waals surface area contributed by atoms with E-state index in [0.717, 1.165) is 16.7 Å². The minimum absolute atomic E-state index is 0.0532. The van der Waals surface area contributed by atoms with Crippen LogP contribution in [0.25, 0.3) is 11.1 Å². The largest absolute Gasteiger partial charge is 0.382 e. The number of hydrogen-bond donors (Lipinski definition) is 1. The highest BCUT2D eigenvalue weighted by Gasteiger charge is 2.23. The molecule has 0 radical (unpaired) electrons. The molecule has 0 aliphatic heterocycles. The van der Waals surface area contributed by atoms with Crippen molar-refractivity contribution in [3.63, 3.8) is 0 Å². The molecular formula is C15H15NO3S. The van der Waals surface area contributed by atoms with Crippen LogP contribution in [0.3, 0.4) is 0 Å². The Morgan fingerprint density at radius 2 is 1.80 bits per heavy atom. The molecule has 2 aromatic rings. The summed E-state index contributed by atoms with van der Waals surface area (Å²) in [5, 5.41) is 0. The highest BCUT2D eigenvalue weighted by molar-refractivity contribution is 7.87. The fourth-order valence-electron chi connectivity index (χ4n) is 2.53. The third kappa shape index (κ3) is 2.30. The Bertz CT molecular complexity index is 753. The first-order valence-corrected chi connectivity index (χ1v) is 8.01. The van der Waals surface area contributed by atoms with E-state index in [1.165, 1.54) is 5.56 Å². The van der Waals surface area contributed by atoms with Gasteiger partial charge < -0.3 is 9.92 Å². The van der Waals surface area contributed by atoms with Crippen molar-refractivity contribution >= 4 is 10.1 Å². The number of fused-ring (bicyclic) bond motifs is 3. The van der Waals surface area contributed by atoms with E-state index < -0.39 is 10.1 Å². The highest BCUT2D eigenvalue weighted by Crippen LogP contribution is 2.41. The van der Waals surface area contributed by atoms with Gasteiger partial charge in [-0.3, -0.25) is 0 Å². The Morgan fingerprint density at radius 1 is 1.05 bits per heavy atom. The fraction of sp³-hybridized carbons (Fsp3) is 0.200. The second-order valence-electron chi connectivity index (χ2n) is 4.75. The Hall–Kier alpha value is -1.85. The van der Waals surface area contributed by atoms with E-state index in [1.807, 2.05) is 36.4 Å². The second-order valence-corrected chi connectivity index (χ2v) is 6.44. The van der Waals surface area contributed by atoms with Crippen molar-refractivity contribution in [2.24, 2.45) is 5.73 Å². The SMILES string of the molecule is NCCS(=O)(=O)Oc1cccc2c1Cc1ccccc1-2. The lowest BCUT2D eigenvalue weighted by Gasteiger charge is -2.10. The van der Waals surface area contributed by atoms with E-state index in [-0.39, 0.29) is 12.3 Å². The molecule has 0 fully saturated rings. The van der Waals surface area contributed by atoms with Crippen molar-refractivity contribution in [2.45, 2.75) is 6.42 Å². The van der Waals surface area contributed by atoms with Gasteiger partial charge in [-0.05, 0) is 22.8 Å². The summed E-state index contributed by atoms with van der Waals surface area (Å²) < 4.78 is 28.7. The van der Waals surface area contributed by atoms with Crippen LogP contribution in [-0.2, 0) is 16.5 Å². The lowest BCUT2D eigenvalue weighted by molar-refractivity contribution is 0.484. The van der Waals surface area contributed by atoms with Gasteiger partial charge in [-0.25, -0.2) is 0 Å². The zero-order valence-corrected chi connectivity index (χ0v) is 11.7. The van der Waals surface area contributed by atoms with E-state index >= 15 is 0 Å². The molecule has 5 heteroatoms. The van der Waals surface area contributed by atoms with Crippen molar-refractivity contribution in [3.05, 3.63) is 53.6 Å². The maximum atomic E-state index is 11.8. The van der Waals surface area contributed by atoms with Crippen LogP contribution >= 0.6 is 0 Å². The third-order valence-corrected chi connectivity index (χ3v) is 4.56. The second kappa shape index (κ2) is 4.92. The van der Waals surface area contributed by atoms with Crippen molar-refractivity contribution in [2.75, 3.05) is 12.3 Å². The Kier molecular flexibility index (Phi) is 3.23. The Balaban J connectivity index is 2.02. The van der Waals surface area contributed by atoms with Crippen molar-refractivity contribution in [1.82, 2.24) is 0 Å². The summed E-state index contributed by atoms with van der Waals surface area (Å²) in [5.41, 5.74) is 9.59. The van der Waals surface area contributed by atoms with E-state index in [4.69, 9.17) is 9.92 Å². The molecule has 3 rings (SSSR count). The highest BCUT2D eigenvalue weighted by atomic mass is 32.2. The summed E-state index contributed by atoms with van der Waals surface area (Å²) in [6.45, 7) is 0.0532. The summed E-state index contributed by atoms with van der Waals surface area (Å²) in [4.78, 5) is 0. The Labute approximate surface area is 118 Å². The standard InChI is InChI=1S/C15H15NO3S/c16-8-9-20(17,18)19-15-7-3-6-13-12-5-2-1-4-11(12)10-14(13)15/h1-7H,8-10,16H2. The molecule has 0 heterocycles. The molecule has 0 unspecified atom stereocenters. The maximum absolute atomic E-state index is 11.8. The molecule has 0 amide bonds. The number of benzene rings is 2. The van der Waals surface area contributed by atoms with Gasteiger partial charge in [0.05, 0.1) is 5.75 Å². The fourth-order valence-corrected chi connectivity index (χ4v) is 3.33. The van der Waals surface area contributed by atoms with E-state index in [2.05, 4.69) is 0 Å². The van der Waals surface area contributed by atoms with Gasteiger partial charge in [-0.1, -0.05) is 36.4 Å². The first-order valence-electron chi connectivity index (χ1n) is 6.43. The summed E-state index contributed by atoms with van der Waals surface area (Å²) in [7, 11) is -3.62. The van der Waals surface area contributed by atoms with Crippen LogP contribution in [0, 0.1) is 0 Å². The van der Waals surface area contributed by atoms with Crippen molar-refractivity contribution in [3.8, 4) is 16.9 Å². The molecule has 0 spiro atoms. The zero-order chi connectivity index (χ0) is 14.2. The first kappa shape index (κ1) is 13.1. The van der Waals surface area contributed by atoms with E-state index in [0.29, 0.717) is 12.2 Å². The van der Waals surface area contributed by atoms with Crippen LogP contribution in [0.2, 0.25) is 0 Å². The smallest absolute Gasteiger partial charge is 0.310 e. The van der Waals surface area contributed by atoms with Gasteiger partial charge in [-0.2, -0.15) is 8.42 Å². The van der Waals surface area contributed by atoms with E-state index in [1.54, 1.807) is 6.07 Å². The average molecular weight is 289 g/mol. The summed E-state index contributed by atoms with van der Waals surface area (Å²) in [6, 6.07) is 13.5. The molecule has 0 saturated heterocycles. The predicted molar refractivity (Wildman–Crippen MR) is 78.2 cm³/mol. The molecule has 2 N–H and O–H groups in total. The molecule has 2 aromatic carbocycles. The van der Waals surface area contributed by atoms with E-state index in [9.17, 15) is 8.42 Å². The molecule has 104 valence electrons. The number of rotatable bonds is 4. The lowest BCUT2D eigenvalue weighted by atomic mass is 10.1. The molecular weight excluding hydrogens is 274 g/mol. The average Bonchev–Trinajstić information content (AvgIpc) is 2.78. The quantitative estimate of drug-likeness (QED) is 0.745. The lowest BCUT2D eigenvalue weighted by Crippen LogP contribution is -2.20. The monoisotopic (exact) mass is 289 g/mol. The van der Waals surface area contributed by atoms with Crippen LogP contribution in [-0.4, -0.2) is 20.7 Å². The molecule has 0 bridgehead atoms. The first-order chi connectivity index (χ1) is 9.61. The van der Waals surface area contributed by atoms with Crippen molar-refractivity contribution < 1.29 is 12.6 Å². The van der Waals surface area contributed by atoms with Gasteiger partial charge in [0.25, 0.3) is 0 Å².